The summed E-state index contributed by atoms with van der Waals surface area (Å²) < 4.78 is 12.6. The number of benzene rings is 1. The van der Waals surface area contributed by atoms with E-state index in [2.05, 4.69) is 37.9 Å². The van der Waals surface area contributed by atoms with Crippen molar-refractivity contribution in [3.8, 4) is 5.75 Å². The summed E-state index contributed by atoms with van der Waals surface area (Å²) in [4.78, 5) is 15.5. The number of pyridine rings is 1. The van der Waals surface area contributed by atoms with Crippen LogP contribution in [0.2, 0.25) is 0 Å². The van der Waals surface area contributed by atoms with Crippen LogP contribution in [0.5, 0.6) is 5.75 Å². The third kappa shape index (κ3) is 3.98. The van der Waals surface area contributed by atoms with E-state index in [0.29, 0.717) is 6.61 Å². The summed E-state index contributed by atoms with van der Waals surface area (Å²) in [6.45, 7) is 7.17. The highest BCUT2D eigenvalue weighted by atomic mass is 32.2. The second-order valence-electron chi connectivity index (χ2n) is 8.77. The van der Waals surface area contributed by atoms with E-state index in [4.69, 9.17) is 19.4 Å². The minimum Gasteiger partial charge on any atom is -0.497 e. The van der Waals surface area contributed by atoms with Gasteiger partial charge >= 0.3 is 0 Å². The summed E-state index contributed by atoms with van der Waals surface area (Å²) in [6.07, 6.45) is 4.62. The number of hydrogen-bond acceptors (Lipinski definition) is 7. The Morgan fingerprint density at radius 1 is 1.16 bits per heavy atom. The van der Waals surface area contributed by atoms with Crippen LogP contribution in [0.15, 0.2) is 35.6 Å². The summed E-state index contributed by atoms with van der Waals surface area (Å²) in [7, 11) is 1.69. The quantitative estimate of drug-likeness (QED) is 0.244. The van der Waals surface area contributed by atoms with Gasteiger partial charge < -0.3 is 9.47 Å². The molecule has 5 rings (SSSR count). The number of aromatic nitrogens is 3. The second kappa shape index (κ2) is 8.61. The SMILES string of the molecule is CCCc1nc2sc3c(SCc4ccc(OC)cc4)ncnc3c2c2c1COC(C)(C)C2. The van der Waals surface area contributed by atoms with Gasteiger partial charge in [0.25, 0.3) is 0 Å². The van der Waals surface area contributed by atoms with E-state index in [0.717, 1.165) is 50.8 Å². The monoisotopic (exact) mass is 465 g/mol. The summed E-state index contributed by atoms with van der Waals surface area (Å²) in [5.41, 5.74) is 5.90. The third-order valence-corrected chi connectivity index (χ3v) is 8.17. The van der Waals surface area contributed by atoms with Crippen molar-refractivity contribution in [2.45, 2.75) is 63.0 Å². The topological polar surface area (TPSA) is 57.1 Å². The molecule has 7 heteroatoms. The number of rotatable bonds is 6. The molecule has 5 nitrogen and oxygen atoms in total. The average Bonchev–Trinajstić information content (AvgIpc) is 3.16. The minimum absolute atomic E-state index is 0.183. The first-order chi connectivity index (χ1) is 15.5. The predicted molar refractivity (Wildman–Crippen MR) is 132 cm³/mol. The minimum atomic E-state index is -0.183. The Balaban J connectivity index is 1.59. The van der Waals surface area contributed by atoms with Crippen LogP contribution in [0.1, 0.15) is 49.6 Å². The fourth-order valence-corrected chi connectivity index (χ4v) is 6.48. The second-order valence-corrected chi connectivity index (χ2v) is 10.7. The van der Waals surface area contributed by atoms with Gasteiger partial charge in [0.1, 0.15) is 21.9 Å². The van der Waals surface area contributed by atoms with Gasteiger partial charge in [0.15, 0.2) is 0 Å². The van der Waals surface area contributed by atoms with Crippen LogP contribution in [-0.4, -0.2) is 27.7 Å². The Bertz CT molecular complexity index is 1280. The molecule has 1 aliphatic rings. The number of methoxy groups -OCH3 is 1. The first-order valence-electron chi connectivity index (χ1n) is 11.0. The lowest BCUT2D eigenvalue weighted by Crippen LogP contribution is -2.32. The molecular weight excluding hydrogens is 438 g/mol. The van der Waals surface area contributed by atoms with Gasteiger partial charge in [0.05, 0.1) is 29.5 Å². The van der Waals surface area contributed by atoms with E-state index < -0.39 is 0 Å². The first-order valence-corrected chi connectivity index (χ1v) is 12.8. The molecule has 1 aromatic carbocycles. The highest BCUT2D eigenvalue weighted by Gasteiger charge is 2.31. The highest BCUT2D eigenvalue weighted by Crippen LogP contribution is 2.43. The molecule has 166 valence electrons. The number of hydrogen-bond donors (Lipinski definition) is 0. The van der Waals surface area contributed by atoms with E-state index in [-0.39, 0.29) is 5.60 Å². The Morgan fingerprint density at radius 3 is 2.72 bits per heavy atom. The summed E-state index contributed by atoms with van der Waals surface area (Å²) in [5.74, 6) is 1.72. The fourth-order valence-electron chi connectivity index (χ4n) is 4.27. The first kappa shape index (κ1) is 21.6. The molecule has 0 bridgehead atoms. The number of aryl methyl sites for hydroxylation is 1. The van der Waals surface area contributed by atoms with E-state index in [1.54, 1.807) is 36.5 Å². The fraction of sp³-hybridized carbons (Fsp3) is 0.400. The number of ether oxygens (including phenoxy) is 2. The molecule has 4 aromatic rings. The summed E-state index contributed by atoms with van der Waals surface area (Å²) in [5, 5.41) is 2.22. The van der Waals surface area contributed by atoms with Crippen LogP contribution in [-0.2, 0) is 29.9 Å². The Kier molecular flexibility index (Phi) is 5.82. The van der Waals surface area contributed by atoms with Crippen molar-refractivity contribution in [1.29, 1.82) is 0 Å². The largest absolute Gasteiger partial charge is 0.497 e. The maximum Gasteiger partial charge on any atom is 0.126 e. The Hall–Kier alpha value is -2.22. The number of fused-ring (bicyclic) bond motifs is 5. The zero-order valence-electron chi connectivity index (χ0n) is 18.9. The van der Waals surface area contributed by atoms with Crippen LogP contribution in [0, 0.1) is 0 Å². The molecule has 0 N–H and O–H groups in total. The number of nitrogens with zero attached hydrogens (tertiary/aromatic N) is 3. The van der Waals surface area contributed by atoms with Gasteiger partial charge in [0.2, 0.25) is 0 Å². The third-order valence-electron chi connectivity index (χ3n) is 5.90. The molecule has 0 saturated carbocycles. The molecule has 32 heavy (non-hydrogen) atoms. The highest BCUT2D eigenvalue weighted by molar-refractivity contribution is 7.98. The maximum atomic E-state index is 6.16. The van der Waals surface area contributed by atoms with E-state index in [1.165, 1.54) is 27.8 Å². The van der Waals surface area contributed by atoms with Crippen molar-refractivity contribution in [2.24, 2.45) is 0 Å². The van der Waals surface area contributed by atoms with Crippen molar-refractivity contribution in [1.82, 2.24) is 15.0 Å². The molecule has 0 unspecified atom stereocenters. The molecule has 0 aliphatic carbocycles. The van der Waals surface area contributed by atoms with Gasteiger partial charge in [-0.1, -0.05) is 25.5 Å². The molecule has 1 aliphatic heterocycles. The standard InChI is InChI=1S/C25H27N3O2S2/c1-5-6-19-18-12-30-25(2,3)11-17(18)20-21-22(32-23(20)28-19)24(27-14-26-21)31-13-15-7-9-16(29-4)10-8-15/h7-10,14H,5-6,11-13H2,1-4H3. The molecule has 0 radical (unpaired) electrons. The Labute approximate surface area is 196 Å². The van der Waals surface area contributed by atoms with Crippen LogP contribution < -0.4 is 4.74 Å². The molecule has 0 spiro atoms. The van der Waals surface area contributed by atoms with Crippen LogP contribution >= 0.6 is 23.1 Å². The Morgan fingerprint density at radius 2 is 1.97 bits per heavy atom. The van der Waals surface area contributed by atoms with E-state index in [1.807, 2.05) is 12.1 Å². The zero-order chi connectivity index (χ0) is 22.3. The van der Waals surface area contributed by atoms with Gasteiger partial charge in [-0.3, -0.25) is 0 Å². The van der Waals surface area contributed by atoms with Gasteiger partial charge in [-0.05, 0) is 43.5 Å². The molecule has 0 amide bonds. The van der Waals surface area contributed by atoms with Gasteiger partial charge in [-0.15, -0.1) is 23.1 Å². The van der Waals surface area contributed by atoms with Crippen LogP contribution in [0.3, 0.4) is 0 Å². The van der Waals surface area contributed by atoms with Crippen molar-refractivity contribution in [3.63, 3.8) is 0 Å². The van der Waals surface area contributed by atoms with Crippen molar-refractivity contribution >= 4 is 43.5 Å². The predicted octanol–water partition coefficient (Wildman–Crippen LogP) is 6.34. The average molecular weight is 466 g/mol. The van der Waals surface area contributed by atoms with Gasteiger partial charge in [-0.25, -0.2) is 15.0 Å². The smallest absolute Gasteiger partial charge is 0.126 e. The van der Waals surface area contributed by atoms with Crippen molar-refractivity contribution in [3.05, 3.63) is 53.0 Å². The lowest BCUT2D eigenvalue weighted by atomic mass is 9.88. The van der Waals surface area contributed by atoms with Gasteiger partial charge in [0, 0.05) is 28.8 Å². The molecule has 0 atom stereocenters. The normalized spacial score (nSPS) is 15.2. The lowest BCUT2D eigenvalue weighted by Gasteiger charge is -2.33. The van der Waals surface area contributed by atoms with Crippen LogP contribution in [0.25, 0.3) is 20.4 Å². The molecule has 0 saturated heterocycles. The van der Waals surface area contributed by atoms with E-state index in [9.17, 15) is 0 Å². The van der Waals surface area contributed by atoms with Crippen molar-refractivity contribution in [2.75, 3.05) is 7.11 Å². The number of thioether (sulfide) groups is 1. The summed E-state index contributed by atoms with van der Waals surface area (Å²) in [6, 6.07) is 8.21. The molecule has 4 heterocycles. The molecule has 0 fully saturated rings. The maximum absolute atomic E-state index is 6.16. The van der Waals surface area contributed by atoms with Crippen LogP contribution in [0.4, 0.5) is 0 Å². The van der Waals surface area contributed by atoms with E-state index >= 15 is 0 Å². The number of thiophene rings is 1. The molecule has 3 aromatic heterocycles. The lowest BCUT2D eigenvalue weighted by molar-refractivity contribution is -0.0401. The van der Waals surface area contributed by atoms with Crippen molar-refractivity contribution < 1.29 is 9.47 Å². The van der Waals surface area contributed by atoms with Gasteiger partial charge in [-0.2, -0.15) is 0 Å². The zero-order valence-corrected chi connectivity index (χ0v) is 20.5. The summed E-state index contributed by atoms with van der Waals surface area (Å²) >= 11 is 3.47. The molecular formula is C25H27N3O2S2.